The van der Waals surface area contributed by atoms with Gasteiger partial charge in [-0.1, -0.05) is 19.4 Å². The maximum Gasteiger partial charge on any atom is 0.0317 e. The second-order valence-electron chi connectivity index (χ2n) is 4.89. The van der Waals surface area contributed by atoms with E-state index in [2.05, 4.69) is 30.9 Å². The van der Waals surface area contributed by atoms with Gasteiger partial charge in [0.2, 0.25) is 0 Å². The minimum Gasteiger partial charge on any atom is -0.399 e. The molecule has 0 radical (unpaired) electrons. The van der Waals surface area contributed by atoms with Crippen LogP contribution in [-0.4, -0.2) is 17.5 Å². The Morgan fingerprint density at radius 2 is 2.19 bits per heavy atom. The van der Waals surface area contributed by atoms with Crippen LogP contribution in [0.25, 0.3) is 0 Å². The van der Waals surface area contributed by atoms with Gasteiger partial charge >= 0.3 is 0 Å². The van der Waals surface area contributed by atoms with E-state index in [4.69, 9.17) is 5.73 Å². The van der Waals surface area contributed by atoms with Crippen LogP contribution in [0.15, 0.2) is 18.2 Å². The first-order valence-corrected chi connectivity index (χ1v) is 6.32. The van der Waals surface area contributed by atoms with Crippen LogP contribution in [-0.2, 0) is 13.0 Å². The number of fused-ring (bicyclic) bond motifs is 1. The Bertz CT molecular complexity index is 360. The van der Waals surface area contributed by atoms with Crippen molar-refractivity contribution in [1.29, 1.82) is 0 Å². The monoisotopic (exact) mass is 218 g/mol. The van der Waals surface area contributed by atoms with Gasteiger partial charge in [-0.05, 0) is 43.0 Å². The van der Waals surface area contributed by atoms with Gasteiger partial charge in [0.25, 0.3) is 0 Å². The van der Waals surface area contributed by atoms with Crippen LogP contribution in [0.2, 0.25) is 0 Å². The zero-order chi connectivity index (χ0) is 11.5. The molecular formula is C14H22N2. The predicted octanol–water partition coefficient (Wildman–Crippen LogP) is 2.82. The fourth-order valence-corrected chi connectivity index (χ4v) is 2.58. The molecule has 0 aliphatic carbocycles. The van der Waals surface area contributed by atoms with Crippen LogP contribution in [0.3, 0.4) is 0 Å². The molecule has 2 heteroatoms. The topological polar surface area (TPSA) is 29.3 Å². The number of benzene rings is 1. The lowest BCUT2D eigenvalue weighted by atomic mass is 9.97. The molecule has 0 amide bonds. The van der Waals surface area contributed by atoms with Crippen molar-refractivity contribution in [3.63, 3.8) is 0 Å². The second-order valence-corrected chi connectivity index (χ2v) is 4.89. The SMILES string of the molecule is CCCC(C)N1CCc2ccc(N)cc2C1. The van der Waals surface area contributed by atoms with E-state index in [1.54, 1.807) is 0 Å². The minimum atomic E-state index is 0.694. The number of hydrogen-bond donors (Lipinski definition) is 1. The Balaban J connectivity index is 2.10. The highest BCUT2D eigenvalue weighted by molar-refractivity contribution is 5.45. The Kier molecular flexibility index (Phi) is 3.49. The van der Waals surface area contributed by atoms with Gasteiger partial charge in [0, 0.05) is 24.8 Å². The summed E-state index contributed by atoms with van der Waals surface area (Å²) in [6.45, 7) is 6.85. The Labute approximate surface area is 98.4 Å². The molecule has 1 unspecified atom stereocenters. The number of anilines is 1. The van der Waals surface area contributed by atoms with Gasteiger partial charge in [-0.3, -0.25) is 4.90 Å². The number of rotatable bonds is 3. The number of nitrogen functional groups attached to an aromatic ring is 1. The normalized spacial score (nSPS) is 18.1. The summed E-state index contributed by atoms with van der Waals surface area (Å²) in [6.07, 6.45) is 3.72. The largest absolute Gasteiger partial charge is 0.399 e. The van der Waals surface area contributed by atoms with E-state index in [1.807, 2.05) is 6.07 Å². The molecule has 1 aromatic rings. The molecule has 1 aromatic carbocycles. The fourth-order valence-electron chi connectivity index (χ4n) is 2.58. The van der Waals surface area contributed by atoms with Crippen molar-refractivity contribution < 1.29 is 0 Å². The molecule has 1 aliphatic rings. The van der Waals surface area contributed by atoms with Gasteiger partial charge in [0.1, 0.15) is 0 Å². The number of nitrogens with two attached hydrogens (primary N) is 1. The molecule has 1 aliphatic heterocycles. The molecule has 0 spiro atoms. The molecule has 16 heavy (non-hydrogen) atoms. The van der Waals surface area contributed by atoms with Crippen LogP contribution in [0.1, 0.15) is 37.8 Å². The molecule has 88 valence electrons. The minimum absolute atomic E-state index is 0.694. The second kappa shape index (κ2) is 4.88. The molecular weight excluding hydrogens is 196 g/mol. The molecule has 0 aromatic heterocycles. The smallest absolute Gasteiger partial charge is 0.0317 e. The van der Waals surface area contributed by atoms with Crippen molar-refractivity contribution in [3.05, 3.63) is 29.3 Å². The van der Waals surface area contributed by atoms with Crippen molar-refractivity contribution in [3.8, 4) is 0 Å². The van der Waals surface area contributed by atoms with E-state index in [0.29, 0.717) is 6.04 Å². The van der Waals surface area contributed by atoms with E-state index < -0.39 is 0 Å². The molecule has 0 bridgehead atoms. The highest BCUT2D eigenvalue weighted by atomic mass is 15.2. The van der Waals surface area contributed by atoms with E-state index >= 15 is 0 Å². The molecule has 2 nitrogen and oxygen atoms in total. The number of nitrogens with zero attached hydrogens (tertiary/aromatic N) is 1. The first-order valence-electron chi connectivity index (χ1n) is 6.32. The summed E-state index contributed by atoms with van der Waals surface area (Å²) in [7, 11) is 0. The first kappa shape index (κ1) is 11.5. The van der Waals surface area contributed by atoms with Crippen molar-refractivity contribution in [2.45, 2.75) is 45.7 Å². The summed E-state index contributed by atoms with van der Waals surface area (Å²) >= 11 is 0. The first-order chi connectivity index (χ1) is 7.70. The van der Waals surface area contributed by atoms with Gasteiger partial charge in [0.05, 0.1) is 0 Å². The lowest BCUT2D eigenvalue weighted by Crippen LogP contribution is -2.37. The van der Waals surface area contributed by atoms with Crippen molar-refractivity contribution in [2.24, 2.45) is 0 Å². The van der Waals surface area contributed by atoms with Gasteiger partial charge in [-0.2, -0.15) is 0 Å². The zero-order valence-electron chi connectivity index (χ0n) is 10.4. The number of hydrogen-bond acceptors (Lipinski definition) is 2. The van der Waals surface area contributed by atoms with E-state index in [9.17, 15) is 0 Å². The van der Waals surface area contributed by atoms with Gasteiger partial charge in [-0.15, -0.1) is 0 Å². The summed E-state index contributed by atoms with van der Waals surface area (Å²) in [5.41, 5.74) is 9.64. The van der Waals surface area contributed by atoms with Crippen LogP contribution >= 0.6 is 0 Å². The highest BCUT2D eigenvalue weighted by Gasteiger charge is 2.19. The van der Waals surface area contributed by atoms with Gasteiger partial charge in [-0.25, -0.2) is 0 Å². The average Bonchev–Trinajstić information content (AvgIpc) is 2.28. The lowest BCUT2D eigenvalue weighted by Gasteiger charge is -2.33. The van der Waals surface area contributed by atoms with Gasteiger partial charge in [0.15, 0.2) is 0 Å². The van der Waals surface area contributed by atoms with Crippen LogP contribution in [0.4, 0.5) is 5.69 Å². The fraction of sp³-hybridized carbons (Fsp3) is 0.571. The molecule has 2 N–H and O–H groups in total. The highest BCUT2D eigenvalue weighted by Crippen LogP contribution is 2.23. The maximum atomic E-state index is 5.84. The molecule has 0 fully saturated rings. The standard InChI is InChI=1S/C14H22N2/c1-3-4-11(2)16-8-7-12-5-6-14(15)9-13(12)10-16/h5-6,9,11H,3-4,7-8,10,15H2,1-2H3. The Morgan fingerprint density at radius 3 is 2.94 bits per heavy atom. The molecule has 0 saturated heterocycles. The summed E-state index contributed by atoms with van der Waals surface area (Å²) in [6, 6.07) is 7.04. The summed E-state index contributed by atoms with van der Waals surface area (Å²) in [5.74, 6) is 0. The van der Waals surface area contributed by atoms with Gasteiger partial charge < -0.3 is 5.73 Å². The van der Waals surface area contributed by atoms with Crippen LogP contribution < -0.4 is 5.73 Å². The maximum absolute atomic E-state index is 5.84. The molecule has 1 heterocycles. The quantitative estimate of drug-likeness (QED) is 0.790. The van der Waals surface area contributed by atoms with Crippen LogP contribution in [0, 0.1) is 0 Å². The third-order valence-corrected chi connectivity index (χ3v) is 3.60. The Hall–Kier alpha value is -1.02. The lowest BCUT2D eigenvalue weighted by molar-refractivity contribution is 0.181. The summed E-state index contributed by atoms with van der Waals surface area (Å²) in [5, 5.41) is 0. The Morgan fingerprint density at radius 1 is 1.38 bits per heavy atom. The van der Waals surface area contributed by atoms with Crippen molar-refractivity contribution in [1.82, 2.24) is 4.90 Å². The van der Waals surface area contributed by atoms with E-state index in [-0.39, 0.29) is 0 Å². The van der Waals surface area contributed by atoms with E-state index in [1.165, 1.54) is 36.9 Å². The third-order valence-electron chi connectivity index (χ3n) is 3.60. The molecule has 0 saturated carbocycles. The average molecular weight is 218 g/mol. The van der Waals surface area contributed by atoms with Crippen molar-refractivity contribution in [2.75, 3.05) is 12.3 Å². The summed E-state index contributed by atoms with van der Waals surface area (Å²) < 4.78 is 0. The van der Waals surface area contributed by atoms with Crippen molar-refractivity contribution >= 4 is 5.69 Å². The van der Waals surface area contributed by atoms with Crippen LogP contribution in [0.5, 0.6) is 0 Å². The molecule has 2 rings (SSSR count). The molecule has 1 atom stereocenters. The zero-order valence-corrected chi connectivity index (χ0v) is 10.4. The predicted molar refractivity (Wildman–Crippen MR) is 69.3 cm³/mol. The third kappa shape index (κ3) is 2.38. The summed E-state index contributed by atoms with van der Waals surface area (Å²) in [4.78, 5) is 2.57. The van der Waals surface area contributed by atoms with E-state index in [0.717, 1.165) is 12.2 Å².